The van der Waals surface area contributed by atoms with Gasteiger partial charge in [0.15, 0.2) is 0 Å². The second kappa shape index (κ2) is 7.55. The number of hydrogen-bond donors (Lipinski definition) is 2. The fourth-order valence-corrected chi connectivity index (χ4v) is 5.48. The number of ether oxygens (including phenoxy) is 1. The normalized spacial score (nSPS) is 32.1. The summed E-state index contributed by atoms with van der Waals surface area (Å²) in [5.74, 6) is 0.521. The number of nitrogens with two attached hydrogens (primary N) is 2. The third-order valence-corrected chi connectivity index (χ3v) is 6.69. The van der Waals surface area contributed by atoms with Crippen molar-refractivity contribution in [2.75, 3.05) is 24.7 Å². The van der Waals surface area contributed by atoms with Crippen LogP contribution in [0.15, 0.2) is 18.2 Å². The highest BCUT2D eigenvalue weighted by Crippen LogP contribution is 2.42. The maximum atomic E-state index is 6.31. The topological polar surface area (TPSA) is 64.5 Å². The summed E-state index contributed by atoms with van der Waals surface area (Å²) in [5.41, 5.74) is 15.1. The average molecular weight is 344 g/mol. The van der Waals surface area contributed by atoms with Gasteiger partial charge in [0.1, 0.15) is 0 Å². The molecule has 0 amide bonds. The number of anilines is 2. The molecule has 3 fully saturated rings. The van der Waals surface area contributed by atoms with Gasteiger partial charge in [-0.1, -0.05) is 44.2 Å². The Morgan fingerprint density at radius 1 is 0.840 bits per heavy atom. The lowest BCUT2D eigenvalue weighted by Gasteiger charge is -2.52. The number of hydrogen-bond acceptors (Lipinski definition) is 4. The largest absolute Gasteiger partial charge is 0.397 e. The van der Waals surface area contributed by atoms with E-state index in [1.807, 2.05) is 6.07 Å². The quantitative estimate of drug-likeness (QED) is 0.799. The number of piperidine rings is 1. The fraction of sp³-hybridized carbons (Fsp3) is 0.714. The van der Waals surface area contributed by atoms with Crippen LogP contribution in [-0.2, 0) is 4.74 Å². The molecule has 2 aliphatic heterocycles. The van der Waals surface area contributed by atoms with Crippen molar-refractivity contribution in [3.05, 3.63) is 23.8 Å². The predicted molar refractivity (Wildman–Crippen MR) is 104 cm³/mol. The van der Waals surface area contributed by atoms with Crippen LogP contribution < -0.4 is 11.5 Å². The van der Waals surface area contributed by atoms with Gasteiger partial charge in [0.2, 0.25) is 0 Å². The van der Waals surface area contributed by atoms with Gasteiger partial charge in [0.05, 0.1) is 24.6 Å². The molecule has 1 aromatic rings. The monoisotopic (exact) mass is 343 g/mol. The molecule has 4 N–H and O–H groups in total. The summed E-state index contributed by atoms with van der Waals surface area (Å²) in [7, 11) is 0. The molecule has 2 bridgehead atoms. The maximum Gasteiger partial charge on any atom is 0.0623 e. The molecule has 2 unspecified atom stereocenters. The number of para-hydroxylation sites is 1. The van der Waals surface area contributed by atoms with Crippen molar-refractivity contribution in [3.63, 3.8) is 0 Å². The summed E-state index contributed by atoms with van der Waals surface area (Å²) in [6.07, 6.45) is 12.1. The summed E-state index contributed by atoms with van der Waals surface area (Å²) in [4.78, 5) is 2.85. The predicted octanol–water partition coefficient (Wildman–Crippen LogP) is 3.91. The van der Waals surface area contributed by atoms with E-state index in [4.69, 9.17) is 16.2 Å². The van der Waals surface area contributed by atoms with Crippen LogP contribution in [0.2, 0.25) is 0 Å². The lowest BCUT2D eigenvalue weighted by molar-refractivity contribution is -0.102. The highest BCUT2D eigenvalue weighted by molar-refractivity contribution is 5.68. The zero-order valence-electron chi connectivity index (χ0n) is 15.3. The van der Waals surface area contributed by atoms with Crippen LogP contribution in [0.5, 0.6) is 0 Å². The first kappa shape index (κ1) is 17.2. The molecular formula is C21H33N3O. The molecule has 1 saturated carbocycles. The van der Waals surface area contributed by atoms with E-state index in [1.54, 1.807) is 0 Å². The molecule has 0 aromatic heterocycles. The Balaban J connectivity index is 1.53. The summed E-state index contributed by atoms with van der Waals surface area (Å²) >= 11 is 0. The first-order chi connectivity index (χ1) is 12.2. The Kier molecular flexibility index (Phi) is 5.18. The summed E-state index contributed by atoms with van der Waals surface area (Å²) in [6, 6.07) is 7.99. The molecule has 25 heavy (non-hydrogen) atoms. The van der Waals surface area contributed by atoms with Gasteiger partial charge in [-0.15, -0.1) is 0 Å². The van der Waals surface area contributed by atoms with Crippen LogP contribution in [0.3, 0.4) is 0 Å². The highest BCUT2D eigenvalue weighted by atomic mass is 16.5. The highest BCUT2D eigenvalue weighted by Gasteiger charge is 2.42. The molecule has 4 rings (SSSR count). The van der Waals surface area contributed by atoms with Crippen molar-refractivity contribution < 1.29 is 4.74 Å². The van der Waals surface area contributed by atoms with Gasteiger partial charge in [-0.25, -0.2) is 0 Å². The standard InChI is InChI=1S/C21H33N3O/c22-20-10-6-9-19(21(20)23)15-11-17-13-25-14-18(12-15)24(17)16-7-4-2-1-3-5-8-16/h6,9-10,15-18H,1-5,7-8,11-14,22-23H2. The lowest BCUT2D eigenvalue weighted by atomic mass is 9.78. The molecule has 138 valence electrons. The SMILES string of the molecule is Nc1cccc(C2CC3COCC(C2)N3C2CCCCCCC2)c1N. The number of nitrogen functional groups attached to an aromatic ring is 2. The van der Waals surface area contributed by atoms with Gasteiger partial charge in [0.25, 0.3) is 0 Å². The van der Waals surface area contributed by atoms with Gasteiger partial charge >= 0.3 is 0 Å². The third-order valence-electron chi connectivity index (χ3n) is 6.69. The number of benzene rings is 1. The van der Waals surface area contributed by atoms with Crippen molar-refractivity contribution in [3.8, 4) is 0 Å². The van der Waals surface area contributed by atoms with Crippen LogP contribution in [0, 0.1) is 0 Å². The molecule has 1 aliphatic carbocycles. The molecule has 3 aliphatic rings. The molecular weight excluding hydrogens is 310 g/mol. The molecule has 4 nitrogen and oxygen atoms in total. The van der Waals surface area contributed by atoms with Crippen LogP contribution in [0.1, 0.15) is 69.3 Å². The summed E-state index contributed by atoms with van der Waals surface area (Å²) in [5, 5.41) is 0. The van der Waals surface area contributed by atoms with E-state index in [0.717, 1.165) is 43.5 Å². The third kappa shape index (κ3) is 3.52. The molecule has 2 saturated heterocycles. The Morgan fingerprint density at radius 2 is 1.48 bits per heavy atom. The van der Waals surface area contributed by atoms with Gasteiger partial charge in [-0.2, -0.15) is 0 Å². The molecule has 4 heteroatoms. The van der Waals surface area contributed by atoms with E-state index in [9.17, 15) is 0 Å². The Morgan fingerprint density at radius 3 is 2.16 bits per heavy atom. The van der Waals surface area contributed by atoms with E-state index >= 15 is 0 Å². The first-order valence-corrected chi connectivity index (χ1v) is 10.2. The van der Waals surface area contributed by atoms with E-state index in [2.05, 4.69) is 17.0 Å². The van der Waals surface area contributed by atoms with Crippen molar-refractivity contribution >= 4 is 11.4 Å². The van der Waals surface area contributed by atoms with Gasteiger partial charge in [0, 0.05) is 18.1 Å². The first-order valence-electron chi connectivity index (χ1n) is 10.2. The second-order valence-electron chi connectivity index (χ2n) is 8.31. The zero-order valence-corrected chi connectivity index (χ0v) is 15.3. The van der Waals surface area contributed by atoms with Crippen LogP contribution in [0.4, 0.5) is 11.4 Å². The minimum atomic E-state index is 0.521. The van der Waals surface area contributed by atoms with Crippen molar-refractivity contribution in [1.82, 2.24) is 4.90 Å². The van der Waals surface area contributed by atoms with Gasteiger partial charge < -0.3 is 16.2 Å². The van der Waals surface area contributed by atoms with Crippen molar-refractivity contribution in [2.45, 2.75) is 81.8 Å². The Labute approximate surface area is 151 Å². The molecule has 0 radical (unpaired) electrons. The van der Waals surface area contributed by atoms with E-state index in [0.29, 0.717) is 18.0 Å². The Bertz CT molecular complexity index is 569. The zero-order chi connectivity index (χ0) is 17.2. The van der Waals surface area contributed by atoms with Crippen molar-refractivity contribution in [2.24, 2.45) is 0 Å². The van der Waals surface area contributed by atoms with Crippen LogP contribution in [0.25, 0.3) is 0 Å². The van der Waals surface area contributed by atoms with Crippen LogP contribution >= 0.6 is 0 Å². The molecule has 1 aromatic carbocycles. The average Bonchev–Trinajstić information content (AvgIpc) is 2.56. The lowest BCUT2D eigenvalue weighted by Crippen LogP contribution is -2.60. The van der Waals surface area contributed by atoms with E-state index < -0.39 is 0 Å². The fourth-order valence-electron chi connectivity index (χ4n) is 5.48. The van der Waals surface area contributed by atoms with E-state index in [-0.39, 0.29) is 0 Å². The Hall–Kier alpha value is -1.26. The minimum absolute atomic E-state index is 0.521. The number of fused-ring (bicyclic) bond motifs is 2. The van der Waals surface area contributed by atoms with Crippen LogP contribution in [-0.4, -0.2) is 36.2 Å². The minimum Gasteiger partial charge on any atom is -0.397 e. The summed E-state index contributed by atoms with van der Waals surface area (Å²) < 4.78 is 5.95. The number of nitrogens with zero attached hydrogens (tertiary/aromatic N) is 1. The van der Waals surface area contributed by atoms with Gasteiger partial charge in [-0.3, -0.25) is 4.90 Å². The smallest absolute Gasteiger partial charge is 0.0623 e. The second-order valence-corrected chi connectivity index (χ2v) is 8.31. The molecule has 2 atom stereocenters. The maximum absolute atomic E-state index is 6.31. The number of morpholine rings is 1. The molecule has 2 heterocycles. The van der Waals surface area contributed by atoms with Gasteiger partial charge in [-0.05, 0) is 43.2 Å². The summed E-state index contributed by atoms with van der Waals surface area (Å²) in [6.45, 7) is 1.76. The molecule has 0 spiro atoms. The van der Waals surface area contributed by atoms with E-state index in [1.165, 1.54) is 50.5 Å². The van der Waals surface area contributed by atoms with Crippen molar-refractivity contribution in [1.29, 1.82) is 0 Å². The number of rotatable bonds is 2.